The van der Waals surface area contributed by atoms with Crippen LogP contribution in [0.3, 0.4) is 0 Å². The summed E-state index contributed by atoms with van der Waals surface area (Å²) in [7, 11) is 0. The molecule has 0 fully saturated rings. The number of para-hydroxylation sites is 1. The zero-order valence-corrected chi connectivity index (χ0v) is 11.3. The SMILES string of the molecule is O=C(O)c1cccc2c1OCCN2Cc1cccc(O)c1. The minimum atomic E-state index is -0.994. The summed E-state index contributed by atoms with van der Waals surface area (Å²) in [6.07, 6.45) is 0. The molecule has 0 atom stereocenters. The number of aromatic hydroxyl groups is 1. The van der Waals surface area contributed by atoms with Crippen LogP contribution in [0.2, 0.25) is 0 Å². The van der Waals surface area contributed by atoms with Crippen molar-refractivity contribution in [1.29, 1.82) is 0 Å². The summed E-state index contributed by atoms with van der Waals surface area (Å²) in [4.78, 5) is 13.3. The van der Waals surface area contributed by atoms with Crippen LogP contribution in [0.1, 0.15) is 15.9 Å². The van der Waals surface area contributed by atoms with Gasteiger partial charge in [0.05, 0.1) is 12.2 Å². The standard InChI is InChI=1S/C16H15NO4/c18-12-4-1-3-11(9-12)10-17-7-8-21-15-13(16(19)20)5-2-6-14(15)17/h1-6,9,18H,7-8,10H2,(H,19,20). The number of phenols is 1. The van der Waals surface area contributed by atoms with E-state index in [0.29, 0.717) is 25.4 Å². The summed E-state index contributed by atoms with van der Waals surface area (Å²) in [6.45, 7) is 1.70. The Balaban J connectivity index is 1.94. The van der Waals surface area contributed by atoms with Crippen molar-refractivity contribution in [3.8, 4) is 11.5 Å². The van der Waals surface area contributed by atoms with Crippen LogP contribution >= 0.6 is 0 Å². The van der Waals surface area contributed by atoms with E-state index >= 15 is 0 Å². The van der Waals surface area contributed by atoms with Gasteiger partial charge >= 0.3 is 5.97 Å². The fourth-order valence-electron chi connectivity index (χ4n) is 2.51. The number of anilines is 1. The van der Waals surface area contributed by atoms with Crippen molar-refractivity contribution in [2.45, 2.75) is 6.54 Å². The van der Waals surface area contributed by atoms with Gasteiger partial charge in [-0.15, -0.1) is 0 Å². The maximum Gasteiger partial charge on any atom is 0.339 e. The second-order valence-corrected chi connectivity index (χ2v) is 4.90. The van der Waals surface area contributed by atoms with Crippen molar-refractivity contribution in [2.24, 2.45) is 0 Å². The van der Waals surface area contributed by atoms with Crippen LogP contribution in [0.5, 0.6) is 11.5 Å². The van der Waals surface area contributed by atoms with Gasteiger partial charge in [0.2, 0.25) is 0 Å². The molecule has 5 nitrogen and oxygen atoms in total. The Labute approximate surface area is 122 Å². The van der Waals surface area contributed by atoms with Gasteiger partial charge in [-0.3, -0.25) is 0 Å². The predicted molar refractivity (Wildman–Crippen MR) is 78.1 cm³/mol. The highest BCUT2D eigenvalue weighted by Crippen LogP contribution is 2.35. The van der Waals surface area contributed by atoms with Gasteiger partial charge in [-0.2, -0.15) is 0 Å². The van der Waals surface area contributed by atoms with Crippen LogP contribution in [-0.2, 0) is 6.54 Å². The molecule has 0 unspecified atom stereocenters. The Morgan fingerprint density at radius 3 is 2.81 bits per heavy atom. The Morgan fingerprint density at radius 1 is 1.24 bits per heavy atom. The zero-order chi connectivity index (χ0) is 14.8. The van der Waals surface area contributed by atoms with Crippen molar-refractivity contribution in [2.75, 3.05) is 18.1 Å². The van der Waals surface area contributed by atoms with Crippen LogP contribution < -0.4 is 9.64 Å². The Morgan fingerprint density at radius 2 is 2.05 bits per heavy atom. The normalized spacial score (nSPS) is 13.4. The van der Waals surface area contributed by atoms with E-state index in [1.54, 1.807) is 30.3 Å². The molecule has 2 N–H and O–H groups in total. The molecule has 0 saturated heterocycles. The molecule has 5 heteroatoms. The van der Waals surface area contributed by atoms with Crippen molar-refractivity contribution in [3.63, 3.8) is 0 Å². The smallest absolute Gasteiger partial charge is 0.339 e. The van der Waals surface area contributed by atoms with Crippen LogP contribution in [-0.4, -0.2) is 29.3 Å². The molecule has 0 amide bonds. The summed E-state index contributed by atoms with van der Waals surface area (Å²) in [5, 5.41) is 18.8. The van der Waals surface area contributed by atoms with Crippen LogP contribution in [0.25, 0.3) is 0 Å². The summed E-state index contributed by atoms with van der Waals surface area (Å²) in [5.41, 5.74) is 1.90. The van der Waals surface area contributed by atoms with E-state index in [9.17, 15) is 15.0 Å². The molecule has 0 saturated carbocycles. The highest BCUT2D eigenvalue weighted by molar-refractivity contribution is 5.93. The van der Waals surface area contributed by atoms with Crippen molar-refractivity contribution in [1.82, 2.24) is 0 Å². The quantitative estimate of drug-likeness (QED) is 0.906. The van der Waals surface area contributed by atoms with Crippen LogP contribution in [0, 0.1) is 0 Å². The van der Waals surface area contributed by atoms with E-state index in [-0.39, 0.29) is 11.3 Å². The lowest BCUT2D eigenvalue weighted by Gasteiger charge is -2.32. The van der Waals surface area contributed by atoms with Crippen LogP contribution in [0.15, 0.2) is 42.5 Å². The fraction of sp³-hybridized carbons (Fsp3) is 0.188. The van der Waals surface area contributed by atoms with E-state index in [2.05, 4.69) is 4.90 Å². The first-order chi connectivity index (χ1) is 10.1. The van der Waals surface area contributed by atoms with Crippen molar-refractivity contribution >= 4 is 11.7 Å². The largest absolute Gasteiger partial charge is 0.508 e. The third kappa shape index (κ3) is 2.63. The molecule has 2 aromatic rings. The monoisotopic (exact) mass is 285 g/mol. The molecule has 1 aliphatic heterocycles. The van der Waals surface area contributed by atoms with Gasteiger partial charge in [-0.1, -0.05) is 18.2 Å². The second kappa shape index (κ2) is 5.36. The maximum atomic E-state index is 11.3. The number of hydrogen-bond donors (Lipinski definition) is 2. The summed E-state index contributed by atoms with van der Waals surface area (Å²) in [5.74, 6) is -0.359. The van der Waals surface area contributed by atoms with Crippen molar-refractivity contribution in [3.05, 3.63) is 53.6 Å². The minimum absolute atomic E-state index is 0.174. The van der Waals surface area contributed by atoms with E-state index in [1.165, 1.54) is 0 Å². The molecule has 2 aromatic carbocycles. The van der Waals surface area contributed by atoms with E-state index in [0.717, 1.165) is 11.3 Å². The average molecular weight is 285 g/mol. The Bertz CT molecular complexity index is 684. The Kier molecular flexibility index (Phi) is 3.39. The van der Waals surface area contributed by atoms with Gasteiger partial charge in [0, 0.05) is 6.54 Å². The van der Waals surface area contributed by atoms with Gasteiger partial charge in [0.1, 0.15) is 17.9 Å². The first kappa shape index (κ1) is 13.3. The molecule has 1 aliphatic rings. The Hall–Kier alpha value is -2.69. The van der Waals surface area contributed by atoms with E-state index in [4.69, 9.17) is 4.74 Å². The molecule has 108 valence electrons. The maximum absolute atomic E-state index is 11.3. The average Bonchev–Trinajstić information content (AvgIpc) is 2.47. The number of rotatable bonds is 3. The van der Waals surface area contributed by atoms with E-state index in [1.807, 2.05) is 12.1 Å². The number of nitrogens with zero attached hydrogens (tertiary/aromatic N) is 1. The first-order valence-electron chi connectivity index (χ1n) is 6.67. The van der Waals surface area contributed by atoms with Gasteiger partial charge in [-0.25, -0.2) is 4.79 Å². The topological polar surface area (TPSA) is 70.0 Å². The summed E-state index contributed by atoms with van der Waals surface area (Å²) < 4.78 is 5.54. The predicted octanol–water partition coefficient (Wildman–Crippen LogP) is 2.49. The highest BCUT2D eigenvalue weighted by atomic mass is 16.5. The van der Waals surface area contributed by atoms with E-state index < -0.39 is 5.97 Å². The fourth-order valence-corrected chi connectivity index (χ4v) is 2.51. The van der Waals surface area contributed by atoms with Crippen LogP contribution in [0.4, 0.5) is 5.69 Å². The number of hydrogen-bond acceptors (Lipinski definition) is 4. The third-order valence-electron chi connectivity index (χ3n) is 3.46. The second-order valence-electron chi connectivity index (χ2n) is 4.90. The number of carbonyl (C=O) groups is 1. The lowest BCUT2D eigenvalue weighted by molar-refractivity contribution is 0.0692. The summed E-state index contributed by atoms with van der Waals surface area (Å²) in [6, 6.07) is 12.2. The van der Waals surface area contributed by atoms with Gasteiger partial charge in [0.25, 0.3) is 0 Å². The number of aromatic carboxylic acids is 1. The summed E-state index contributed by atoms with van der Waals surface area (Å²) >= 11 is 0. The molecule has 0 spiro atoms. The molecular formula is C16H15NO4. The molecule has 0 bridgehead atoms. The van der Waals surface area contributed by atoms with Gasteiger partial charge < -0.3 is 19.8 Å². The number of carboxylic acid groups (broad SMARTS) is 1. The molecule has 21 heavy (non-hydrogen) atoms. The van der Waals surface area contributed by atoms with Crippen molar-refractivity contribution < 1.29 is 19.7 Å². The molecule has 0 radical (unpaired) electrons. The third-order valence-corrected chi connectivity index (χ3v) is 3.46. The number of benzene rings is 2. The number of fused-ring (bicyclic) bond motifs is 1. The molecular weight excluding hydrogens is 270 g/mol. The molecule has 3 rings (SSSR count). The lowest BCUT2D eigenvalue weighted by atomic mass is 10.1. The molecule has 0 aromatic heterocycles. The lowest BCUT2D eigenvalue weighted by Crippen LogP contribution is -2.32. The zero-order valence-electron chi connectivity index (χ0n) is 11.3. The number of phenolic OH excluding ortho intramolecular Hbond substituents is 1. The molecule has 1 heterocycles. The number of ether oxygens (including phenoxy) is 1. The highest BCUT2D eigenvalue weighted by Gasteiger charge is 2.23. The number of carboxylic acids is 1. The van der Waals surface area contributed by atoms with Gasteiger partial charge in [0.15, 0.2) is 5.75 Å². The first-order valence-corrected chi connectivity index (χ1v) is 6.67. The molecule has 0 aliphatic carbocycles. The minimum Gasteiger partial charge on any atom is -0.508 e. The van der Waals surface area contributed by atoms with Gasteiger partial charge in [-0.05, 0) is 29.8 Å².